The van der Waals surface area contributed by atoms with Gasteiger partial charge in [0.1, 0.15) is 0 Å². The first kappa shape index (κ1) is 29.3. The van der Waals surface area contributed by atoms with E-state index in [1.165, 1.54) is 12.1 Å². The van der Waals surface area contributed by atoms with Crippen LogP contribution in [0.1, 0.15) is 85.1 Å². The van der Waals surface area contributed by atoms with E-state index in [1.54, 1.807) is 0 Å². The van der Waals surface area contributed by atoms with Crippen LogP contribution in [0.2, 0.25) is 0 Å². The molecular weight excluding hydrogens is 514 g/mol. The number of urea groups is 1. The monoisotopic (exact) mass is 544 g/mol. The SMILES string of the molecule is CC(C)(C)C1CCC(NC(=O)NC(c2ccc(C(=O)O)cc2)c2cccc(C(F)(F)F)c2C(F)(F)F)CC1. The second-order valence-electron chi connectivity index (χ2n) is 10.7. The van der Waals surface area contributed by atoms with Gasteiger partial charge >= 0.3 is 24.4 Å². The van der Waals surface area contributed by atoms with Crippen LogP contribution >= 0.6 is 0 Å². The predicted octanol–water partition coefficient (Wildman–Crippen LogP) is 7.42. The van der Waals surface area contributed by atoms with Crippen molar-refractivity contribution in [2.24, 2.45) is 11.3 Å². The molecule has 1 aliphatic rings. The van der Waals surface area contributed by atoms with Gasteiger partial charge in [-0.1, -0.05) is 45.0 Å². The van der Waals surface area contributed by atoms with E-state index in [0.717, 1.165) is 37.1 Å². The highest BCUT2D eigenvalue weighted by Gasteiger charge is 2.46. The summed E-state index contributed by atoms with van der Waals surface area (Å²) in [7, 11) is 0. The van der Waals surface area contributed by atoms with Crippen LogP contribution in [0.25, 0.3) is 0 Å². The third-order valence-electron chi connectivity index (χ3n) is 7.05. The van der Waals surface area contributed by atoms with E-state index < -0.39 is 47.1 Å². The zero-order valence-corrected chi connectivity index (χ0v) is 21.1. The number of halogens is 6. The van der Waals surface area contributed by atoms with Crippen LogP contribution in [0.3, 0.4) is 0 Å². The maximum atomic E-state index is 14.0. The molecule has 3 N–H and O–H groups in total. The van der Waals surface area contributed by atoms with Crippen molar-refractivity contribution in [3.8, 4) is 0 Å². The normalized spacial score (nSPS) is 19.5. The molecule has 2 amide bonds. The van der Waals surface area contributed by atoms with E-state index in [-0.39, 0.29) is 22.6 Å². The van der Waals surface area contributed by atoms with Gasteiger partial charge in [0.25, 0.3) is 0 Å². The molecule has 1 fully saturated rings. The average Bonchev–Trinajstić information content (AvgIpc) is 2.81. The highest BCUT2D eigenvalue weighted by Crippen LogP contribution is 2.44. The molecule has 3 rings (SSSR count). The number of alkyl halides is 6. The van der Waals surface area contributed by atoms with Gasteiger partial charge in [-0.2, -0.15) is 26.3 Å². The minimum absolute atomic E-state index is 0.00795. The summed E-state index contributed by atoms with van der Waals surface area (Å²) in [5.74, 6) is -0.844. The third kappa shape index (κ3) is 6.99. The van der Waals surface area contributed by atoms with Crippen molar-refractivity contribution in [1.82, 2.24) is 10.6 Å². The number of nitrogens with one attached hydrogen (secondary N) is 2. The molecule has 1 saturated carbocycles. The largest absolute Gasteiger partial charge is 0.478 e. The Labute approximate surface area is 216 Å². The van der Waals surface area contributed by atoms with Crippen LogP contribution in [-0.4, -0.2) is 23.1 Å². The van der Waals surface area contributed by atoms with Crippen LogP contribution < -0.4 is 10.6 Å². The highest BCUT2D eigenvalue weighted by atomic mass is 19.4. The van der Waals surface area contributed by atoms with Crippen LogP contribution in [0, 0.1) is 11.3 Å². The molecule has 38 heavy (non-hydrogen) atoms. The molecule has 0 heterocycles. The first-order chi connectivity index (χ1) is 17.5. The van der Waals surface area contributed by atoms with Gasteiger partial charge in [-0.05, 0) is 66.3 Å². The van der Waals surface area contributed by atoms with E-state index in [4.69, 9.17) is 5.11 Å². The lowest BCUT2D eigenvalue weighted by Gasteiger charge is -2.37. The summed E-state index contributed by atoms with van der Waals surface area (Å²) in [6, 6.07) is 3.91. The number of benzene rings is 2. The average molecular weight is 545 g/mol. The van der Waals surface area contributed by atoms with Gasteiger partial charge in [-0.25, -0.2) is 9.59 Å². The quantitative estimate of drug-likeness (QED) is 0.343. The molecule has 2 aromatic carbocycles. The molecule has 5 nitrogen and oxygen atoms in total. The molecular formula is C27H30F6N2O3. The minimum Gasteiger partial charge on any atom is -0.478 e. The first-order valence-electron chi connectivity index (χ1n) is 12.2. The van der Waals surface area contributed by atoms with Crippen LogP contribution in [0.4, 0.5) is 31.1 Å². The Morgan fingerprint density at radius 2 is 1.45 bits per heavy atom. The number of carboxylic acids is 1. The predicted molar refractivity (Wildman–Crippen MR) is 129 cm³/mol. The van der Waals surface area contributed by atoms with Crippen molar-refractivity contribution in [3.05, 3.63) is 70.3 Å². The number of aromatic carboxylic acids is 1. The molecule has 0 saturated heterocycles. The van der Waals surface area contributed by atoms with Gasteiger partial charge in [0.2, 0.25) is 0 Å². The second-order valence-corrected chi connectivity index (χ2v) is 10.7. The van der Waals surface area contributed by atoms with Gasteiger partial charge in [-0.3, -0.25) is 0 Å². The number of carbonyl (C=O) groups is 2. The van der Waals surface area contributed by atoms with Crippen molar-refractivity contribution in [3.63, 3.8) is 0 Å². The lowest BCUT2D eigenvalue weighted by Crippen LogP contribution is -2.46. The maximum absolute atomic E-state index is 14.0. The molecule has 0 aliphatic heterocycles. The van der Waals surface area contributed by atoms with E-state index in [9.17, 15) is 35.9 Å². The molecule has 2 aromatic rings. The van der Waals surface area contributed by atoms with Crippen LogP contribution in [0.15, 0.2) is 42.5 Å². The Bertz CT molecular complexity index is 1150. The minimum atomic E-state index is -5.38. The molecule has 0 bridgehead atoms. The lowest BCUT2D eigenvalue weighted by molar-refractivity contribution is -0.162. The van der Waals surface area contributed by atoms with Crippen molar-refractivity contribution in [1.29, 1.82) is 0 Å². The lowest BCUT2D eigenvalue weighted by atomic mass is 9.71. The molecule has 0 spiro atoms. The number of hydrogen-bond acceptors (Lipinski definition) is 2. The Kier molecular flexibility index (Phi) is 8.38. The summed E-state index contributed by atoms with van der Waals surface area (Å²) in [5.41, 5.74) is -4.68. The topological polar surface area (TPSA) is 78.4 Å². The summed E-state index contributed by atoms with van der Waals surface area (Å²) >= 11 is 0. The maximum Gasteiger partial charge on any atom is 0.417 e. The van der Waals surface area contributed by atoms with E-state index in [2.05, 4.69) is 31.4 Å². The number of carbonyl (C=O) groups excluding carboxylic acids is 1. The van der Waals surface area contributed by atoms with Crippen LogP contribution in [0.5, 0.6) is 0 Å². The highest BCUT2D eigenvalue weighted by molar-refractivity contribution is 5.87. The molecule has 1 atom stereocenters. The standard InChI is InChI=1S/C27H30F6N2O3/c1-25(2,3)17-11-13-18(14-12-17)34-24(38)35-22(15-7-9-16(10-8-15)23(36)37)19-5-4-6-20(26(28,29)30)21(19)27(31,32)33/h4-10,17-18,22H,11-14H2,1-3H3,(H,36,37)(H2,34,35,38). The smallest absolute Gasteiger partial charge is 0.417 e. The zero-order chi connectivity index (χ0) is 28.5. The molecule has 1 unspecified atom stereocenters. The van der Waals surface area contributed by atoms with E-state index in [0.29, 0.717) is 24.8 Å². The fraction of sp³-hybridized carbons (Fsp3) is 0.481. The van der Waals surface area contributed by atoms with Gasteiger partial charge < -0.3 is 15.7 Å². The van der Waals surface area contributed by atoms with Crippen molar-refractivity contribution in [2.45, 2.75) is 70.9 Å². The van der Waals surface area contributed by atoms with Crippen molar-refractivity contribution >= 4 is 12.0 Å². The molecule has 11 heteroatoms. The van der Waals surface area contributed by atoms with Gasteiger partial charge in [0, 0.05) is 6.04 Å². The van der Waals surface area contributed by atoms with E-state index in [1.807, 2.05) is 0 Å². The summed E-state index contributed by atoms with van der Waals surface area (Å²) in [6.07, 6.45) is -7.67. The molecule has 1 aliphatic carbocycles. The molecule has 208 valence electrons. The summed E-state index contributed by atoms with van der Waals surface area (Å²) in [4.78, 5) is 24.2. The Morgan fingerprint density at radius 3 is 1.92 bits per heavy atom. The van der Waals surface area contributed by atoms with Crippen molar-refractivity contribution < 1.29 is 41.0 Å². The van der Waals surface area contributed by atoms with E-state index >= 15 is 0 Å². The fourth-order valence-electron chi connectivity index (χ4n) is 4.98. The summed E-state index contributed by atoms with van der Waals surface area (Å²) in [6.45, 7) is 6.39. The second kappa shape index (κ2) is 10.9. The number of amides is 2. The Morgan fingerprint density at radius 1 is 0.868 bits per heavy atom. The first-order valence-corrected chi connectivity index (χ1v) is 12.2. The Hall–Kier alpha value is -3.24. The van der Waals surface area contributed by atoms with Gasteiger partial charge in [-0.15, -0.1) is 0 Å². The van der Waals surface area contributed by atoms with Crippen molar-refractivity contribution in [2.75, 3.05) is 0 Å². The van der Waals surface area contributed by atoms with Gasteiger partial charge in [0.05, 0.1) is 22.7 Å². The third-order valence-corrected chi connectivity index (χ3v) is 7.05. The van der Waals surface area contributed by atoms with Gasteiger partial charge in [0.15, 0.2) is 0 Å². The molecule has 0 radical (unpaired) electrons. The molecule has 0 aromatic heterocycles. The fourth-order valence-corrected chi connectivity index (χ4v) is 4.98. The van der Waals surface area contributed by atoms with Crippen LogP contribution in [-0.2, 0) is 12.4 Å². The summed E-state index contributed by atoms with van der Waals surface area (Å²) in [5, 5.41) is 14.3. The summed E-state index contributed by atoms with van der Waals surface area (Å²) < 4.78 is 82.8. The number of hydrogen-bond donors (Lipinski definition) is 3. The number of rotatable bonds is 5. The zero-order valence-electron chi connectivity index (χ0n) is 21.1. The number of carboxylic acid groups (broad SMARTS) is 1. The Balaban J connectivity index is 1.97.